The molecule has 2 aliphatic heterocycles. The van der Waals surface area contributed by atoms with Crippen LogP contribution in [0.5, 0.6) is 0 Å². The summed E-state index contributed by atoms with van der Waals surface area (Å²) in [4.78, 5) is 72.9. The molecule has 1 aromatic heterocycles. The number of aromatic nitrogens is 2. The molecule has 0 radical (unpaired) electrons. The number of carbonyl (C=O) groups excluding carboxylic acids is 5. The fourth-order valence-corrected chi connectivity index (χ4v) is 7.11. The highest BCUT2D eigenvalue weighted by Crippen LogP contribution is 2.39. The fourth-order valence-electron chi connectivity index (χ4n) is 7.11. The number of hydrogen-bond donors (Lipinski definition) is 0. The Morgan fingerprint density at radius 2 is 1.78 bits per heavy atom. The van der Waals surface area contributed by atoms with Crippen LogP contribution in [0.25, 0.3) is 0 Å². The van der Waals surface area contributed by atoms with E-state index in [0.29, 0.717) is 6.42 Å². The first kappa shape index (κ1) is 41.9. The van der Waals surface area contributed by atoms with E-state index in [-0.39, 0.29) is 36.3 Å². The number of likely N-dealkylation sites (N-methyl/N-ethyl adjacent to an activating group) is 1. The number of allylic oxidation sites excluding steroid dienone is 1. The van der Waals surface area contributed by atoms with Gasteiger partial charge in [-0.1, -0.05) is 20.8 Å². The predicted molar refractivity (Wildman–Crippen MR) is 181 cm³/mol. The number of esters is 2. The van der Waals surface area contributed by atoms with Crippen LogP contribution in [0.3, 0.4) is 0 Å². The van der Waals surface area contributed by atoms with Crippen LogP contribution in [0, 0.1) is 11.8 Å². The Balaban J connectivity index is 2.18. The molecule has 0 spiro atoms. The number of hydrogen-bond acceptors (Lipinski definition) is 13. The summed E-state index contributed by atoms with van der Waals surface area (Å²) in [6.07, 6.45) is -0.343. The third-order valence-electron chi connectivity index (χ3n) is 9.95. The highest BCUT2D eigenvalue weighted by molar-refractivity contribution is 6.08. The van der Waals surface area contributed by atoms with Crippen LogP contribution >= 0.6 is 0 Å². The molecule has 0 saturated carbocycles. The Labute approximate surface area is 299 Å². The third kappa shape index (κ3) is 9.29. The van der Waals surface area contributed by atoms with Gasteiger partial charge < -0.3 is 33.3 Å². The summed E-state index contributed by atoms with van der Waals surface area (Å²) < 4.78 is 53.6. The second-order valence-corrected chi connectivity index (χ2v) is 14.5. The smallest absolute Gasteiger partial charge is 0.420 e. The Bertz CT molecular complexity index is 1460. The lowest BCUT2D eigenvalue weighted by Gasteiger charge is -2.47. The maximum absolute atomic E-state index is 16.7. The number of ketones is 2. The minimum Gasteiger partial charge on any atom is -0.455 e. The van der Waals surface area contributed by atoms with Crippen LogP contribution in [0.1, 0.15) is 81.6 Å². The largest absolute Gasteiger partial charge is 0.455 e. The second-order valence-electron chi connectivity index (χ2n) is 14.5. The van der Waals surface area contributed by atoms with Gasteiger partial charge in [0, 0.05) is 38.3 Å². The molecule has 0 aromatic carbocycles. The molecule has 11 atom stereocenters. The van der Waals surface area contributed by atoms with E-state index in [1.807, 2.05) is 25.9 Å². The number of ether oxygens (including phenoxy) is 6. The van der Waals surface area contributed by atoms with Crippen LogP contribution in [0.4, 0.5) is 9.18 Å². The SMILES string of the molecule is CC[C@H]1OC(=O)[C@@](C)(F)C(=O)[C@H](C)[C@@H](O[C@@H]2O[C@H](C)C[C@H](N(C)C)[C@H]2OC(C)=O)[C@](C)(OC)C[C@@H](C)C(=O)/C(C)=C\[C@]1(C)OC(=O)n1ccnc1. The van der Waals surface area contributed by atoms with E-state index in [9.17, 15) is 24.0 Å². The number of halogens is 1. The molecule has 0 bridgehead atoms. The molecular weight excluding hydrogens is 669 g/mol. The summed E-state index contributed by atoms with van der Waals surface area (Å²) in [6, 6.07) is -0.348. The molecule has 1 aromatic rings. The van der Waals surface area contributed by atoms with Gasteiger partial charge >= 0.3 is 18.0 Å². The van der Waals surface area contributed by atoms with Crippen molar-refractivity contribution in [3.63, 3.8) is 0 Å². The van der Waals surface area contributed by atoms with E-state index in [2.05, 4.69) is 4.98 Å². The van der Waals surface area contributed by atoms with Gasteiger partial charge in [0.1, 0.15) is 12.4 Å². The number of carbonyl (C=O) groups is 5. The summed E-state index contributed by atoms with van der Waals surface area (Å²) in [6.45, 7) is 13.2. The number of nitrogens with zero attached hydrogens (tertiary/aromatic N) is 3. The number of rotatable bonds is 7. The van der Waals surface area contributed by atoms with E-state index in [4.69, 9.17) is 28.4 Å². The fraction of sp³-hybridized carbons (Fsp3) is 0.722. The molecule has 0 unspecified atom stereocenters. The average molecular weight is 724 g/mol. The van der Waals surface area contributed by atoms with Crippen molar-refractivity contribution in [3.8, 4) is 0 Å². The molecule has 3 rings (SSSR count). The monoisotopic (exact) mass is 723 g/mol. The van der Waals surface area contributed by atoms with Gasteiger partial charge in [0.05, 0.1) is 23.9 Å². The molecule has 1 saturated heterocycles. The number of Topliss-reactive ketones (excluding diaryl/α,β-unsaturated/α-hetero) is 2. The van der Waals surface area contributed by atoms with Crippen molar-refractivity contribution in [1.29, 1.82) is 0 Å². The number of imidazole rings is 1. The van der Waals surface area contributed by atoms with Crippen molar-refractivity contribution in [2.75, 3.05) is 21.2 Å². The summed E-state index contributed by atoms with van der Waals surface area (Å²) in [5.41, 5.74) is -6.30. The van der Waals surface area contributed by atoms with Gasteiger partial charge in [-0.2, -0.15) is 0 Å². The van der Waals surface area contributed by atoms with Crippen LogP contribution in [-0.2, 0) is 47.6 Å². The number of methoxy groups -OCH3 is 1. The number of alkyl halides is 1. The average Bonchev–Trinajstić information content (AvgIpc) is 3.60. The van der Waals surface area contributed by atoms with Crippen LogP contribution in [-0.4, -0.2) is 119 Å². The van der Waals surface area contributed by atoms with Gasteiger partial charge in [0.25, 0.3) is 5.67 Å². The third-order valence-corrected chi connectivity index (χ3v) is 9.95. The Kier molecular flexibility index (Phi) is 13.5. The zero-order valence-corrected chi connectivity index (χ0v) is 31.8. The van der Waals surface area contributed by atoms with E-state index >= 15 is 4.39 Å². The first-order chi connectivity index (χ1) is 23.6. The molecule has 0 amide bonds. The minimum atomic E-state index is -3.22. The molecule has 0 aliphatic carbocycles. The van der Waals surface area contributed by atoms with Crippen molar-refractivity contribution in [2.45, 2.75) is 135 Å². The molecule has 0 N–H and O–H groups in total. The second kappa shape index (κ2) is 16.4. The normalized spacial score (nSPS) is 38.3. The standard InChI is InChI=1S/C36H54FN3O11/c1-13-26-34(7,51-33(45)40-15-14-38-19-40)17-20(2)27(42)21(3)18-35(8,46-12)30(23(5)29(43)36(9,37)32(44)49-26)50-31-28(48-24(6)41)25(39(10)11)16-22(4)47-31/h14-15,17,19,21-23,25-26,28,30-31H,13,16,18H2,1-12H3/b20-17-/t21-,22-,23+,25+,26-,28-,30-,31+,34+,35-,36+/m1/s1. The zero-order valence-electron chi connectivity index (χ0n) is 31.8. The maximum atomic E-state index is 16.7. The van der Waals surface area contributed by atoms with Gasteiger partial charge in [-0.25, -0.2) is 23.5 Å². The first-order valence-electron chi connectivity index (χ1n) is 17.2. The lowest BCUT2D eigenvalue weighted by molar-refractivity contribution is -0.298. The molecule has 14 nitrogen and oxygen atoms in total. The van der Waals surface area contributed by atoms with Crippen molar-refractivity contribution in [3.05, 3.63) is 30.4 Å². The quantitative estimate of drug-likeness (QED) is 0.224. The van der Waals surface area contributed by atoms with Gasteiger partial charge in [-0.15, -0.1) is 0 Å². The van der Waals surface area contributed by atoms with E-state index in [0.717, 1.165) is 11.5 Å². The van der Waals surface area contributed by atoms with Crippen LogP contribution < -0.4 is 0 Å². The van der Waals surface area contributed by atoms with Gasteiger partial charge in [-0.3, -0.25) is 14.4 Å². The lowest BCUT2D eigenvalue weighted by Crippen LogP contribution is -2.61. The maximum Gasteiger partial charge on any atom is 0.420 e. The zero-order chi connectivity index (χ0) is 38.6. The van der Waals surface area contributed by atoms with E-state index in [1.54, 1.807) is 20.8 Å². The predicted octanol–water partition coefficient (Wildman–Crippen LogP) is 4.22. The highest BCUT2D eigenvalue weighted by atomic mass is 19.1. The van der Waals surface area contributed by atoms with Crippen molar-refractivity contribution in [2.24, 2.45) is 11.8 Å². The molecule has 286 valence electrons. The minimum absolute atomic E-state index is 0.0159. The first-order valence-corrected chi connectivity index (χ1v) is 17.2. The van der Waals surface area contributed by atoms with Gasteiger partial charge in [0.15, 0.2) is 29.6 Å². The summed E-state index contributed by atoms with van der Waals surface area (Å²) in [5, 5.41) is 0. The molecular formula is C36H54FN3O11. The summed E-state index contributed by atoms with van der Waals surface area (Å²) in [5.74, 6) is -5.83. The van der Waals surface area contributed by atoms with Crippen molar-refractivity contribution in [1.82, 2.24) is 14.5 Å². The van der Waals surface area contributed by atoms with Crippen LogP contribution in [0.15, 0.2) is 30.4 Å². The molecule has 51 heavy (non-hydrogen) atoms. The summed E-state index contributed by atoms with van der Waals surface area (Å²) >= 11 is 0. The molecule has 15 heteroatoms. The number of cyclic esters (lactones) is 1. The molecule has 3 heterocycles. The van der Waals surface area contributed by atoms with E-state index < -0.39 is 77.1 Å². The van der Waals surface area contributed by atoms with E-state index in [1.165, 1.54) is 59.6 Å². The van der Waals surface area contributed by atoms with Crippen LogP contribution in [0.2, 0.25) is 0 Å². The van der Waals surface area contributed by atoms with Gasteiger partial charge in [0.2, 0.25) is 0 Å². The molecule has 1 fully saturated rings. The Morgan fingerprint density at radius 1 is 1.14 bits per heavy atom. The Hall–Kier alpha value is -3.53. The topological polar surface area (TPSA) is 162 Å². The molecule has 2 aliphatic rings. The Morgan fingerprint density at radius 3 is 2.31 bits per heavy atom. The van der Waals surface area contributed by atoms with Crippen molar-refractivity contribution < 1.29 is 56.8 Å². The van der Waals surface area contributed by atoms with Crippen molar-refractivity contribution >= 4 is 29.6 Å². The summed E-state index contributed by atoms with van der Waals surface area (Å²) in [7, 11) is 5.01. The highest BCUT2D eigenvalue weighted by Gasteiger charge is 2.55. The lowest BCUT2D eigenvalue weighted by atomic mass is 9.76. The van der Waals surface area contributed by atoms with Gasteiger partial charge in [-0.05, 0) is 79.6 Å².